The Bertz CT molecular complexity index is 140. The number of urea groups is 1. The highest BCUT2D eigenvalue weighted by molar-refractivity contribution is 6.18. The SMILES string of the molecule is O=C(NCCCl)N(CCO)CCO. The monoisotopic (exact) mass is 210 g/mol. The van der Waals surface area contributed by atoms with Crippen LogP contribution < -0.4 is 5.32 Å². The quantitative estimate of drug-likeness (QED) is 0.504. The van der Waals surface area contributed by atoms with Crippen LogP contribution in [0.4, 0.5) is 4.79 Å². The average Bonchev–Trinajstić information content (AvgIpc) is 2.14. The van der Waals surface area contributed by atoms with Crippen molar-refractivity contribution in [1.29, 1.82) is 0 Å². The largest absolute Gasteiger partial charge is 0.395 e. The van der Waals surface area contributed by atoms with Gasteiger partial charge in [0.05, 0.1) is 13.2 Å². The van der Waals surface area contributed by atoms with Crippen molar-refractivity contribution in [3.05, 3.63) is 0 Å². The van der Waals surface area contributed by atoms with Crippen molar-refractivity contribution in [1.82, 2.24) is 10.2 Å². The predicted molar refractivity (Wildman–Crippen MR) is 49.9 cm³/mol. The Hall–Kier alpha value is -0.520. The first kappa shape index (κ1) is 12.5. The number of nitrogens with one attached hydrogen (secondary N) is 1. The minimum absolute atomic E-state index is 0.117. The van der Waals surface area contributed by atoms with Crippen LogP contribution in [-0.2, 0) is 0 Å². The van der Waals surface area contributed by atoms with Crippen molar-refractivity contribution in [3.8, 4) is 0 Å². The fourth-order valence-corrected chi connectivity index (χ4v) is 0.917. The molecule has 0 saturated carbocycles. The van der Waals surface area contributed by atoms with Gasteiger partial charge in [-0.2, -0.15) is 0 Å². The second kappa shape index (κ2) is 8.10. The van der Waals surface area contributed by atoms with Crippen LogP contribution in [0.25, 0.3) is 0 Å². The highest BCUT2D eigenvalue weighted by Crippen LogP contribution is 1.88. The van der Waals surface area contributed by atoms with E-state index in [1.165, 1.54) is 4.90 Å². The molecule has 0 rings (SSSR count). The fraction of sp³-hybridized carbons (Fsp3) is 0.857. The van der Waals surface area contributed by atoms with Crippen LogP contribution in [0.3, 0.4) is 0 Å². The zero-order valence-electron chi connectivity index (χ0n) is 7.37. The molecule has 0 atom stereocenters. The fourth-order valence-electron chi connectivity index (χ4n) is 0.822. The lowest BCUT2D eigenvalue weighted by molar-refractivity contribution is 0.159. The molecule has 0 aromatic rings. The van der Waals surface area contributed by atoms with Crippen LogP contribution in [0.2, 0.25) is 0 Å². The van der Waals surface area contributed by atoms with Crippen LogP contribution in [0.5, 0.6) is 0 Å². The summed E-state index contributed by atoms with van der Waals surface area (Å²) in [5.41, 5.74) is 0. The second-order valence-electron chi connectivity index (χ2n) is 2.36. The smallest absolute Gasteiger partial charge is 0.317 e. The molecule has 0 spiro atoms. The first-order valence-corrected chi connectivity index (χ1v) is 4.60. The Morgan fingerprint density at radius 3 is 2.23 bits per heavy atom. The maximum atomic E-state index is 11.2. The number of alkyl halides is 1. The molecule has 0 unspecified atom stereocenters. The highest BCUT2D eigenvalue weighted by Gasteiger charge is 2.10. The normalized spacial score (nSPS) is 9.77. The van der Waals surface area contributed by atoms with Gasteiger partial charge < -0.3 is 20.4 Å². The molecule has 0 fully saturated rings. The zero-order chi connectivity index (χ0) is 10.1. The second-order valence-corrected chi connectivity index (χ2v) is 2.73. The van der Waals surface area contributed by atoms with Crippen molar-refractivity contribution >= 4 is 17.6 Å². The summed E-state index contributed by atoms with van der Waals surface area (Å²) in [5.74, 6) is 0.345. The standard InChI is InChI=1S/C7H15ClN2O3/c8-1-2-9-7(13)10(3-5-11)4-6-12/h11-12H,1-6H2,(H,9,13). The maximum absolute atomic E-state index is 11.2. The maximum Gasteiger partial charge on any atom is 0.317 e. The van der Waals surface area contributed by atoms with Crippen LogP contribution in [0.15, 0.2) is 0 Å². The zero-order valence-corrected chi connectivity index (χ0v) is 8.13. The van der Waals surface area contributed by atoms with E-state index in [1.807, 2.05) is 0 Å². The number of rotatable bonds is 6. The minimum Gasteiger partial charge on any atom is -0.395 e. The molecule has 0 aliphatic rings. The van der Waals surface area contributed by atoms with Gasteiger partial charge in [0.2, 0.25) is 0 Å². The Labute approximate surface area is 82.3 Å². The van der Waals surface area contributed by atoms with Gasteiger partial charge in [-0.05, 0) is 0 Å². The van der Waals surface area contributed by atoms with Crippen molar-refractivity contribution in [2.24, 2.45) is 0 Å². The van der Waals surface area contributed by atoms with Crippen molar-refractivity contribution in [2.45, 2.75) is 0 Å². The van der Waals surface area contributed by atoms with E-state index >= 15 is 0 Å². The van der Waals surface area contributed by atoms with E-state index in [0.717, 1.165) is 0 Å². The van der Waals surface area contributed by atoms with Crippen molar-refractivity contribution < 1.29 is 15.0 Å². The summed E-state index contributed by atoms with van der Waals surface area (Å²) in [4.78, 5) is 12.5. The topological polar surface area (TPSA) is 72.8 Å². The molecule has 0 aliphatic carbocycles. The van der Waals surface area contributed by atoms with Gasteiger partial charge in [0.1, 0.15) is 0 Å². The van der Waals surface area contributed by atoms with Crippen molar-refractivity contribution in [3.63, 3.8) is 0 Å². The Kier molecular flexibility index (Phi) is 7.77. The van der Waals surface area contributed by atoms with E-state index in [-0.39, 0.29) is 32.3 Å². The lowest BCUT2D eigenvalue weighted by atomic mass is 10.5. The summed E-state index contributed by atoms with van der Waals surface area (Å²) in [6, 6.07) is -0.316. The number of carbonyl (C=O) groups excluding carboxylic acids is 1. The number of aliphatic hydroxyl groups is 2. The van der Waals surface area contributed by atoms with E-state index in [0.29, 0.717) is 12.4 Å². The molecule has 0 aliphatic heterocycles. The summed E-state index contributed by atoms with van der Waals surface area (Å²) in [6.45, 7) is 0.583. The van der Waals surface area contributed by atoms with Crippen molar-refractivity contribution in [2.75, 3.05) is 38.7 Å². The lowest BCUT2D eigenvalue weighted by Crippen LogP contribution is -2.43. The van der Waals surface area contributed by atoms with Crippen LogP contribution >= 0.6 is 11.6 Å². The number of nitrogens with zero attached hydrogens (tertiary/aromatic N) is 1. The lowest BCUT2D eigenvalue weighted by Gasteiger charge is -2.20. The average molecular weight is 211 g/mol. The first-order chi connectivity index (χ1) is 6.26. The Morgan fingerprint density at radius 2 is 1.85 bits per heavy atom. The van der Waals surface area contributed by atoms with Gasteiger partial charge >= 0.3 is 6.03 Å². The molecule has 0 bridgehead atoms. The van der Waals surface area contributed by atoms with Gasteiger partial charge in [-0.25, -0.2) is 4.79 Å². The van der Waals surface area contributed by atoms with Gasteiger partial charge in [0.25, 0.3) is 0 Å². The molecule has 78 valence electrons. The number of hydrogen-bond acceptors (Lipinski definition) is 3. The number of amides is 2. The molecular weight excluding hydrogens is 196 g/mol. The number of halogens is 1. The number of aliphatic hydroxyl groups excluding tert-OH is 2. The van der Waals surface area contributed by atoms with E-state index in [4.69, 9.17) is 21.8 Å². The molecule has 0 aromatic heterocycles. The van der Waals surface area contributed by atoms with Crippen LogP contribution in [-0.4, -0.2) is 59.9 Å². The Balaban J connectivity index is 3.80. The number of hydrogen-bond donors (Lipinski definition) is 3. The van der Waals surface area contributed by atoms with Crippen LogP contribution in [0, 0.1) is 0 Å². The van der Waals surface area contributed by atoms with E-state index in [1.54, 1.807) is 0 Å². The summed E-state index contributed by atoms with van der Waals surface area (Å²) < 4.78 is 0. The molecule has 0 aromatic carbocycles. The molecule has 0 radical (unpaired) electrons. The van der Waals surface area contributed by atoms with Gasteiger partial charge in [-0.15, -0.1) is 11.6 Å². The predicted octanol–water partition coefficient (Wildman–Crippen LogP) is -0.779. The first-order valence-electron chi connectivity index (χ1n) is 4.06. The third-order valence-electron chi connectivity index (χ3n) is 1.40. The van der Waals surface area contributed by atoms with Gasteiger partial charge in [-0.1, -0.05) is 0 Å². The highest BCUT2D eigenvalue weighted by atomic mass is 35.5. The van der Waals surface area contributed by atoms with Gasteiger partial charge in [-0.3, -0.25) is 0 Å². The van der Waals surface area contributed by atoms with Gasteiger partial charge in [0.15, 0.2) is 0 Å². The third kappa shape index (κ3) is 5.68. The molecule has 5 nitrogen and oxygen atoms in total. The van der Waals surface area contributed by atoms with E-state index in [2.05, 4.69) is 5.32 Å². The molecule has 0 saturated heterocycles. The molecule has 0 heterocycles. The van der Waals surface area contributed by atoms with E-state index in [9.17, 15) is 4.79 Å². The summed E-state index contributed by atoms with van der Waals surface area (Å²) in [7, 11) is 0. The molecular formula is C7H15ClN2O3. The van der Waals surface area contributed by atoms with E-state index < -0.39 is 0 Å². The third-order valence-corrected chi connectivity index (χ3v) is 1.59. The minimum atomic E-state index is -0.316. The van der Waals surface area contributed by atoms with Gasteiger partial charge in [0, 0.05) is 25.5 Å². The van der Waals surface area contributed by atoms with Crippen LogP contribution in [0.1, 0.15) is 0 Å². The molecule has 3 N–H and O–H groups in total. The molecule has 13 heavy (non-hydrogen) atoms. The summed E-state index contributed by atoms with van der Waals surface area (Å²) in [5, 5.41) is 19.8. The summed E-state index contributed by atoms with van der Waals surface area (Å²) in [6.07, 6.45) is 0. The summed E-state index contributed by atoms with van der Waals surface area (Å²) >= 11 is 5.37. The number of carbonyl (C=O) groups is 1. The molecule has 6 heteroatoms. The Morgan fingerprint density at radius 1 is 1.31 bits per heavy atom. The molecule has 2 amide bonds.